The van der Waals surface area contributed by atoms with E-state index in [9.17, 15) is 9.90 Å². The van der Waals surface area contributed by atoms with Crippen LogP contribution in [-0.4, -0.2) is 16.1 Å². The molecule has 0 aliphatic rings. The summed E-state index contributed by atoms with van der Waals surface area (Å²) in [6.07, 6.45) is 0.774. The first-order valence-electron chi connectivity index (χ1n) is 6.60. The number of hydrogen-bond acceptors (Lipinski definition) is 3. The molecule has 1 aromatic heterocycles. The van der Waals surface area contributed by atoms with Crippen molar-refractivity contribution < 1.29 is 14.6 Å². The minimum atomic E-state index is -1.06. The van der Waals surface area contributed by atoms with Gasteiger partial charge in [0.15, 0.2) is 0 Å². The molecule has 0 saturated carbocycles. The third-order valence-corrected chi connectivity index (χ3v) is 3.50. The Morgan fingerprint density at radius 1 is 1.33 bits per heavy atom. The van der Waals surface area contributed by atoms with Crippen molar-refractivity contribution in [2.75, 3.05) is 0 Å². The number of carboxylic acid groups (broad SMARTS) is 1. The van der Waals surface area contributed by atoms with Gasteiger partial charge in [-0.1, -0.05) is 18.5 Å². The number of pyridine rings is 1. The number of aromatic nitrogens is 1. The molecule has 1 heterocycles. The van der Waals surface area contributed by atoms with E-state index in [1.165, 1.54) is 0 Å². The monoisotopic (exact) mass is 305 g/mol. The largest absolute Gasteiger partial charge is 0.477 e. The van der Waals surface area contributed by atoms with Crippen molar-refractivity contribution in [2.45, 2.75) is 27.2 Å². The van der Waals surface area contributed by atoms with E-state index in [0.29, 0.717) is 22.2 Å². The molecule has 0 amide bonds. The van der Waals surface area contributed by atoms with Gasteiger partial charge in [-0.2, -0.15) is 0 Å². The van der Waals surface area contributed by atoms with Crippen LogP contribution >= 0.6 is 11.6 Å². The van der Waals surface area contributed by atoms with E-state index >= 15 is 0 Å². The van der Waals surface area contributed by atoms with E-state index in [-0.39, 0.29) is 11.3 Å². The first kappa shape index (κ1) is 15.3. The van der Waals surface area contributed by atoms with E-state index in [1.54, 1.807) is 32.0 Å². The molecular formula is C16H16ClNO3. The number of aryl methyl sites for hydroxylation is 3. The van der Waals surface area contributed by atoms with Crippen LogP contribution in [0.1, 0.15) is 34.2 Å². The quantitative estimate of drug-likeness (QED) is 0.909. The molecule has 21 heavy (non-hydrogen) atoms. The maximum atomic E-state index is 11.4. The highest BCUT2D eigenvalue weighted by molar-refractivity contribution is 6.31. The molecule has 0 aliphatic carbocycles. The Bertz CT molecular complexity index is 698. The Labute approximate surface area is 128 Å². The molecule has 1 N–H and O–H groups in total. The summed E-state index contributed by atoms with van der Waals surface area (Å²) >= 11 is 6.07. The molecule has 110 valence electrons. The van der Waals surface area contributed by atoms with Crippen LogP contribution in [0.5, 0.6) is 11.5 Å². The van der Waals surface area contributed by atoms with Gasteiger partial charge in [0.25, 0.3) is 0 Å². The highest BCUT2D eigenvalue weighted by atomic mass is 35.5. The van der Waals surface area contributed by atoms with Crippen molar-refractivity contribution in [3.05, 3.63) is 51.8 Å². The van der Waals surface area contributed by atoms with Gasteiger partial charge in [-0.15, -0.1) is 0 Å². The smallest absolute Gasteiger partial charge is 0.341 e. The van der Waals surface area contributed by atoms with Gasteiger partial charge in [0.1, 0.15) is 17.1 Å². The lowest BCUT2D eigenvalue weighted by Crippen LogP contribution is -2.06. The van der Waals surface area contributed by atoms with Crippen LogP contribution in [0.2, 0.25) is 5.02 Å². The van der Waals surface area contributed by atoms with Crippen LogP contribution in [0.15, 0.2) is 24.3 Å². The first-order valence-corrected chi connectivity index (χ1v) is 6.98. The molecule has 0 bridgehead atoms. The fraction of sp³-hybridized carbons (Fsp3) is 0.250. The lowest BCUT2D eigenvalue weighted by molar-refractivity contribution is 0.0693. The lowest BCUT2D eigenvalue weighted by atomic mass is 10.1. The molecule has 2 rings (SSSR count). The normalized spacial score (nSPS) is 10.5. The van der Waals surface area contributed by atoms with Gasteiger partial charge < -0.3 is 9.84 Å². The predicted molar refractivity (Wildman–Crippen MR) is 81.6 cm³/mol. The zero-order valence-electron chi connectivity index (χ0n) is 12.1. The Hall–Kier alpha value is -2.07. The second-order valence-electron chi connectivity index (χ2n) is 4.74. The fourth-order valence-corrected chi connectivity index (χ4v) is 2.40. The van der Waals surface area contributed by atoms with Crippen molar-refractivity contribution >= 4 is 17.6 Å². The number of carboxylic acids is 1. The van der Waals surface area contributed by atoms with Gasteiger partial charge in [0.05, 0.1) is 5.69 Å². The second-order valence-corrected chi connectivity index (χ2v) is 5.14. The molecule has 0 radical (unpaired) electrons. The Kier molecular flexibility index (Phi) is 4.48. The van der Waals surface area contributed by atoms with Gasteiger partial charge in [-0.3, -0.25) is 4.98 Å². The van der Waals surface area contributed by atoms with Gasteiger partial charge in [-0.25, -0.2) is 4.79 Å². The van der Waals surface area contributed by atoms with E-state index in [0.717, 1.165) is 12.0 Å². The predicted octanol–water partition coefficient (Wildman–Crippen LogP) is 4.40. The molecule has 1 aromatic carbocycles. The van der Waals surface area contributed by atoms with E-state index < -0.39 is 5.97 Å². The zero-order chi connectivity index (χ0) is 15.6. The van der Waals surface area contributed by atoms with Gasteiger partial charge in [-0.05, 0) is 44.0 Å². The molecular weight excluding hydrogens is 290 g/mol. The van der Waals surface area contributed by atoms with E-state index in [4.69, 9.17) is 16.3 Å². The Morgan fingerprint density at radius 3 is 2.67 bits per heavy atom. The molecule has 0 unspecified atom stereocenters. The average molecular weight is 306 g/mol. The maximum Gasteiger partial charge on any atom is 0.341 e. The number of ether oxygens (including phenoxy) is 1. The molecule has 0 spiro atoms. The van der Waals surface area contributed by atoms with Crippen molar-refractivity contribution in [3.8, 4) is 11.5 Å². The number of benzene rings is 1. The molecule has 4 nitrogen and oxygen atoms in total. The summed E-state index contributed by atoms with van der Waals surface area (Å²) in [6.45, 7) is 5.45. The second kappa shape index (κ2) is 6.14. The Morgan fingerprint density at radius 2 is 2.05 bits per heavy atom. The summed E-state index contributed by atoms with van der Waals surface area (Å²) in [6, 6.07) is 6.91. The number of aromatic carboxylic acids is 1. The summed E-state index contributed by atoms with van der Waals surface area (Å²) in [7, 11) is 0. The number of hydrogen-bond donors (Lipinski definition) is 1. The van der Waals surface area contributed by atoms with Crippen molar-refractivity contribution in [3.63, 3.8) is 0 Å². The van der Waals surface area contributed by atoms with Crippen molar-refractivity contribution in [1.29, 1.82) is 0 Å². The van der Waals surface area contributed by atoms with E-state index in [2.05, 4.69) is 4.98 Å². The highest BCUT2D eigenvalue weighted by Crippen LogP contribution is 2.30. The molecule has 0 aliphatic heterocycles. The van der Waals surface area contributed by atoms with Crippen molar-refractivity contribution in [1.82, 2.24) is 4.98 Å². The van der Waals surface area contributed by atoms with Crippen LogP contribution < -0.4 is 4.74 Å². The topological polar surface area (TPSA) is 59.4 Å². The van der Waals surface area contributed by atoms with Crippen LogP contribution in [0.3, 0.4) is 0 Å². The van der Waals surface area contributed by atoms with E-state index in [1.807, 2.05) is 13.0 Å². The summed E-state index contributed by atoms with van der Waals surface area (Å²) < 4.78 is 5.75. The summed E-state index contributed by atoms with van der Waals surface area (Å²) in [5.41, 5.74) is 2.17. The summed E-state index contributed by atoms with van der Waals surface area (Å²) in [5.74, 6) is -0.208. The van der Waals surface area contributed by atoms with Gasteiger partial charge >= 0.3 is 5.97 Å². The number of nitrogens with zero attached hydrogens (tertiary/aromatic N) is 1. The summed E-state index contributed by atoms with van der Waals surface area (Å²) in [5, 5.41) is 9.99. The van der Waals surface area contributed by atoms with Gasteiger partial charge in [0, 0.05) is 16.8 Å². The number of rotatable bonds is 4. The van der Waals surface area contributed by atoms with Crippen LogP contribution in [0.4, 0.5) is 0 Å². The highest BCUT2D eigenvalue weighted by Gasteiger charge is 2.17. The maximum absolute atomic E-state index is 11.4. The molecule has 0 saturated heterocycles. The average Bonchev–Trinajstić information content (AvgIpc) is 2.39. The molecule has 2 aromatic rings. The third kappa shape index (κ3) is 3.34. The fourth-order valence-electron chi connectivity index (χ4n) is 2.15. The molecule has 5 heteroatoms. The molecule has 0 fully saturated rings. The number of halogens is 1. The van der Waals surface area contributed by atoms with Crippen LogP contribution in [0.25, 0.3) is 0 Å². The first-order chi connectivity index (χ1) is 9.92. The van der Waals surface area contributed by atoms with Gasteiger partial charge in [0.2, 0.25) is 0 Å². The summed E-state index contributed by atoms with van der Waals surface area (Å²) in [4.78, 5) is 15.5. The Balaban J connectivity index is 2.46. The number of carbonyl (C=O) groups is 1. The third-order valence-electron chi connectivity index (χ3n) is 3.13. The standard InChI is InChI=1S/C16H16ClNO3/c1-4-11-8-12(5-6-13(11)17)21-14-7-9(2)18-10(3)15(14)16(19)20/h5-8H,4H2,1-3H3,(H,19,20). The SMILES string of the molecule is CCc1cc(Oc2cc(C)nc(C)c2C(=O)O)ccc1Cl. The minimum absolute atomic E-state index is 0.0774. The minimum Gasteiger partial charge on any atom is -0.477 e. The van der Waals surface area contributed by atoms with Crippen molar-refractivity contribution in [2.24, 2.45) is 0 Å². The van der Waals surface area contributed by atoms with Crippen LogP contribution in [0, 0.1) is 13.8 Å². The van der Waals surface area contributed by atoms with Crippen LogP contribution in [-0.2, 0) is 6.42 Å². The molecule has 0 atom stereocenters. The zero-order valence-corrected chi connectivity index (χ0v) is 12.9. The lowest BCUT2D eigenvalue weighted by Gasteiger charge is -2.12.